The number of rotatable bonds is 4. The highest BCUT2D eigenvalue weighted by atomic mass is 32.1. The SMILES string of the molecule is CCOCC(N)c1csc2ccccc12. The fourth-order valence-corrected chi connectivity index (χ4v) is 2.65. The van der Waals surface area contributed by atoms with Crippen LogP contribution in [0.1, 0.15) is 18.5 Å². The van der Waals surface area contributed by atoms with Gasteiger partial charge in [-0.05, 0) is 29.3 Å². The van der Waals surface area contributed by atoms with E-state index in [9.17, 15) is 0 Å². The van der Waals surface area contributed by atoms with Gasteiger partial charge >= 0.3 is 0 Å². The van der Waals surface area contributed by atoms with Gasteiger partial charge in [-0.3, -0.25) is 0 Å². The molecule has 15 heavy (non-hydrogen) atoms. The molecule has 0 aliphatic heterocycles. The fraction of sp³-hybridized carbons (Fsp3) is 0.333. The highest BCUT2D eigenvalue weighted by molar-refractivity contribution is 7.17. The maximum absolute atomic E-state index is 6.07. The Labute approximate surface area is 93.7 Å². The summed E-state index contributed by atoms with van der Waals surface area (Å²) in [6.45, 7) is 3.30. The Morgan fingerprint density at radius 3 is 3.00 bits per heavy atom. The molecule has 0 saturated heterocycles. The molecular weight excluding hydrogens is 206 g/mol. The molecule has 0 spiro atoms. The quantitative estimate of drug-likeness (QED) is 0.861. The molecule has 1 heterocycles. The van der Waals surface area contributed by atoms with E-state index in [4.69, 9.17) is 10.5 Å². The van der Waals surface area contributed by atoms with Crippen LogP contribution in [0.2, 0.25) is 0 Å². The molecule has 1 atom stereocenters. The average Bonchev–Trinajstić information content (AvgIpc) is 2.69. The summed E-state index contributed by atoms with van der Waals surface area (Å²) in [6.07, 6.45) is 0. The van der Waals surface area contributed by atoms with E-state index in [1.54, 1.807) is 11.3 Å². The molecule has 0 aliphatic carbocycles. The summed E-state index contributed by atoms with van der Waals surface area (Å²) >= 11 is 1.74. The molecule has 1 aromatic heterocycles. The van der Waals surface area contributed by atoms with Crippen LogP contribution in [0.5, 0.6) is 0 Å². The first-order chi connectivity index (χ1) is 7.33. The summed E-state index contributed by atoms with van der Waals surface area (Å²) in [7, 11) is 0. The van der Waals surface area contributed by atoms with Gasteiger partial charge < -0.3 is 10.5 Å². The monoisotopic (exact) mass is 221 g/mol. The molecule has 0 bridgehead atoms. The Balaban J connectivity index is 2.27. The minimum Gasteiger partial charge on any atom is -0.380 e. The van der Waals surface area contributed by atoms with Gasteiger partial charge in [0.15, 0.2) is 0 Å². The average molecular weight is 221 g/mol. The van der Waals surface area contributed by atoms with Crippen molar-refractivity contribution in [3.8, 4) is 0 Å². The third-order valence-corrected chi connectivity index (χ3v) is 3.39. The number of benzene rings is 1. The Morgan fingerprint density at radius 2 is 2.20 bits per heavy atom. The Hall–Kier alpha value is -0.900. The first kappa shape index (κ1) is 10.6. The number of thiophene rings is 1. The molecule has 0 aliphatic rings. The van der Waals surface area contributed by atoms with Gasteiger partial charge in [-0.25, -0.2) is 0 Å². The summed E-state index contributed by atoms with van der Waals surface area (Å²) < 4.78 is 6.64. The Morgan fingerprint density at radius 1 is 1.40 bits per heavy atom. The Bertz CT molecular complexity index is 438. The van der Waals surface area contributed by atoms with Crippen molar-refractivity contribution < 1.29 is 4.74 Å². The molecule has 0 radical (unpaired) electrons. The van der Waals surface area contributed by atoms with Gasteiger partial charge in [0, 0.05) is 11.3 Å². The summed E-state index contributed by atoms with van der Waals surface area (Å²) in [5.74, 6) is 0. The summed E-state index contributed by atoms with van der Waals surface area (Å²) in [4.78, 5) is 0. The van der Waals surface area contributed by atoms with Crippen molar-refractivity contribution in [3.63, 3.8) is 0 Å². The summed E-state index contributed by atoms with van der Waals surface area (Å²) in [5.41, 5.74) is 7.27. The van der Waals surface area contributed by atoms with Gasteiger partial charge in [0.25, 0.3) is 0 Å². The zero-order chi connectivity index (χ0) is 10.7. The first-order valence-electron chi connectivity index (χ1n) is 5.12. The van der Waals surface area contributed by atoms with Crippen molar-refractivity contribution in [2.24, 2.45) is 5.73 Å². The number of fused-ring (bicyclic) bond motifs is 1. The smallest absolute Gasteiger partial charge is 0.0659 e. The molecule has 2 aromatic rings. The van der Waals surface area contributed by atoms with E-state index < -0.39 is 0 Å². The van der Waals surface area contributed by atoms with Crippen molar-refractivity contribution in [1.29, 1.82) is 0 Å². The van der Waals surface area contributed by atoms with Gasteiger partial charge in [0.2, 0.25) is 0 Å². The zero-order valence-corrected chi connectivity index (χ0v) is 9.59. The highest BCUT2D eigenvalue weighted by Crippen LogP contribution is 2.29. The molecule has 1 aromatic carbocycles. The molecular formula is C12H15NOS. The van der Waals surface area contributed by atoms with Crippen LogP contribution >= 0.6 is 11.3 Å². The van der Waals surface area contributed by atoms with E-state index in [1.165, 1.54) is 15.6 Å². The normalized spacial score (nSPS) is 13.2. The van der Waals surface area contributed by atoms with Crippen molar-refractivity contribution in [3.05, 3.63) is 35.2 Å². The van der Waals surface area contributed by atoms with Crippen molar-refractivity contribution in [2.75, 3.05) is 13.2 Å². The van der Waals surface area contributed by atoms with Crippen LogP contribution in [0.15, 0.2) is 29.6 Å². The summed E-state index contributed by atoms with van der Waals surface area (Å²) in [6, 6.07) is 8.33. The van der Waals surface area contributed by atoms with E-state index in [0.29, 0.717) is 6.61 Å². The maximum atomic E-state index is 6.07. The lowest BCUT2D eigenvalue weighted by Gasteiger charge is -2.10. The topological polar surface area (TPSA) is 35.2 Å². The number of hydrogen-bond donors (Lipinski definition) is 1. The van der Waals surface area contributed by atoms with Crippen LogP contribution in [-0.2, 0) is 4.74 Å². The lowest BCUT2D eigenvalue weighted by atomic mass is 10.1. The van der Waals surface area contributed by atoms with E-state index in [2.05, 4.69) is 23.6 Å². The van der Waals surface area contributed by atoms with E-state index in [0.717, 1.165) is 6.61 Å². The largest absolute Gasteiger partial charge is 0.380 e. The number of hydrogen-bond acceptors (Lipinski definition) is 3. The molecule has 1 unspecified atom stereocenters. The van der Waals surface area contributed by atoms with Crippen LogP contribution < -0.4 is 5.73 Å². The first-order valence-corrected chi connectivity index (χ1v) is 6.00. The van der Waals surface area contributed by atoms with Gasteiger partial charge in [-0.1, -0.05) is 18.2 Å². The van der Waals surface area contributed by atoms with Crippen molar-refractivity contribution in [2.45, 2.75) is 13.0 Å². The second-order valence-corrected chi connectivity index (χ2v) is 4.36. The van der Waals surface area contributed by atoms with Gasteiger partial charge in [0.1, 0.15) is 0 Å². The molecule has 3 heteroatoms. The highest BCUT2D eigenvalue weighted by Gasteiger charge is 2.11. The predicted molar refractivity (Wildman–Crippen MR) is 65.2 cm³/mol. The Kier molecular flexibility index (Phi) is 3.36. The van der Waals surface area contributed by atoms with E-state index in [1.807, 2.05) is 13.0 Å². The van der Waals surface area contributed by atoms with Crippen LogP contribution in [-0.4, -0.2) is 13.2 Å². The molecule has 2 nitrogen and oxygen atoms in total. The second kappa shape index (κ2) is 4.75. The second-order valence-electron chi connectivity index (χ2n) is 3.45. The molecule has 0 saturated carbocycles. The van der Waals surface area contributed by atoms with E-state index in [-0.39, 0.29) is 6.04 Å². The minimum absolute atomic E-state index is 0.0129. The molecule has 0 amide bonds. The fourth-order valence-electron chi connectivity index (χ4n) is 1.62. The van der Waals surface area contributed by atoms with Crippen molar-refractivity contribution >= 4 is 21.4 Å². The number of ether oxygens (including phenoxy) is 1. The predicted octanol–water partition coefficient (Wildman–Crippen LogP) is 2.94. The third-order valence-electron chi connectivity index (χ3n) is 2.41. The van der Waals surface area contributed by atoms with Crippen molar-refractivity contribution in [1.82, 2.24) is 0 Å². The molecule has 80 valence electrons. The van der Waals surface area contributed by atoms with Gasteiger partial charge in [-0.2, -0.15) is 0 Å². The van der Waals surface area contributed by atoms with Crippen LogP contribution in [0.3, 0.4) is 0 Å². The van der Waals surface area contributed by atoms with Crippen LogP contribution in [0.25, 0.3) is 10.1 Å². The van der Waals surface area contributed by atoms with E-state index >= 15 is 0 Å². The minimum atomic E-state index is -0.0129. The third kappa shape index (κ3) is 2.20. The zero-order valence-electron chi connectivity index (χ0n) is 8.77. The molecule has 2 rings (SSSR count). The molecule has 0 fully saturated rings. The maximum Gasteiger partial charge on any atom is 0.0659 e. The lowest BCUT2D eigenvalue weighted by Crippen LogP contribution is -2.16. The lowest BCUT2D eigenvalue weighted by molar-refractivity contribution is 0.134. The standard InChI is InChI=1S/C12H15NOS/c1-2-14-7-11(13)10-8-15-12-6-4-3-5-9(10)12/h3-6,8,11H,2,7,13H2,1H3. The number of nitrogens with two attached hydrogens (primary N) is 1. The summed E-state index contributed by atoms with van der Waals surface area (Å²) in [5, 5.41) is 3.39. The van der Waals surface area contributed by atoms with Gasteiger partial charge in [0.05, 0.1) is 12.6 Å². The molecule has 2 N–H and O–H groups in total. The van der Waals surface area contributed by atoms with Crippen LogP contribution in [0.4, 0.5) is 0 Å². The van der Waals surface area contributed by atoms with Gasteiger partial charge in [-0.15, -0.1) is 11.3 Å². The van der Waals surface area contributed by atoms with Crippen LogP contribution in [0, 0.1) is 0 Å².